The predicted octanol–water partition coefficient (Wildman–Crippen LogP) is 2.10. The maximum Gasteiger partial charge on any atom is 0.338 e. The predicted molar refractivity (Wildman–Crippen MR) is 50.5 cm³/mol. The van der Waals surface area contributed by atoms with Gasteiger partial charge >= 0.3 is 5.97 Å². The molecule has 0 bridgehead atoms. The highest BCUT2D eigenvalue weighted by atomic mass is 19.2. The van der Waals surface area contributed by atoms with Crippen LogP contribution in [0, 0.1) is 17.5 Å². The van der Waals surface area contributed by atoms with E-state index in [-0.39, 0.29) is 6.29 Å². The number of carbonyl (C=O) groups excluding carboxylic acids is 1. The highest BCUT2D eigenvalue weighted by molar-refractivity contribution is 6.09. The van der Waals surface area contributed by atoms with E-state index in [1.54, 1.807) is 0 Å². The molecule has 1 heterocycles. The number of benzene rings is 1. The summed E-state index contributed by atoms with van der Waals surface area (Å²) in [6.07, 6.45) is 0.138. The quantitative estimate of drug-likeness (QED) is 0.626. The fourth-order valence-electron chi connectivity index (χ4n) is 1.58. The first-order valence-corrected chi connectivity index (χ1v) is 4.35. The van der Waals surface area contributed by atoms with E-state index in [9.17, 15) is 22.8 Å². The maximum absolute atomic E-state index is 13.3. The van der Waals surface area contributed by atoms with Crippen molar-refractivity contribution < 1.29 is 27.9 Å². The molecule has 2 aromatic rings. The van der Waals surface area contributed by atoms with Crippen LogP contribution in [0.15, 0.2) is 6.07 Å². The van der Waals surface area contributed by atoms with E-state index in [1.165, 1.54) is 0 Å². The molecule has 2 N–H and O–H groups in total. The lowest BCUT2D eigenvalue weighted by Crippen LogP contribution is -1.99. The number of aromatic carboxylic acids is 1. The Balaban J connectivity index is 2.99. The molecular formula is C10H4F3NO3. The van der Waals surface area contributed by atoms with Gasteiger partial charge in [0.15, 0.2) is 23.7 Å². The first kappa shape index (κ1) is 11.2. The molecular weight excluding hydrogens is 239 g/mol. The number of rotatable bonds is 2. The Morgan fingerprint density at radius 2 is 1.94 bits per heavy atom. The summed E-state index contributed by atoms with van der Waals surface area (Å²) in [5.74, 6) is -6.35. The van der Waals surface area contributed by atoms with Gasteiger partial charge in [0.1, 0.15) is 0 Å². The Bertz CT molecular complexity index is 648. The fraction of sp³-hybridized carbons (Fsp3) is 0. The van der Waals surface area contributed by atoms with Gasteiger partial charge in [-0.2, -0.15) is 0 Å². The number of carboxylic acids is 1. The third-order valence-electron chi connectivity index (χ3n) is 2.29. The molecule has 0 saturated carbocycles. The van der Waals surface area contributed by atoms with Crippen molar-refractivity contribution in [1.82, 2.24) is 4.98 Å². The zero-order valence-electron chi connectivity index (χ0n) is 8.05. The zero-order chi connectivity index (χ0) is 12.7. The highest BCUT2D eigenvalue weighted by Gasteiger charge is 2.23. The minimum Gasteiger partial charge on any atom is -0.478 e. The molecule has 0 radical (unpaired) electrons. The molecule has 0 amide bonds. The van der Waals surface area contributed by atoms with Crippen LogP contribution >= 0.6 is 0 Å². The Labute approximate surface area is 91.7 Å². The molecule has 0 fully saturated rings. The molecule has 88 valence electrons. The summed E-state index contributed by atoms with van der Waals surface area (Å²) >= 11 is 0. The second-order valence-corrected chi connectivity index (χ2v) is 3.25. The smallest absolute Gasteiger partial charge is 0.338 e. The van der Waals surface area contributed by atoms with E-state index in [2.05, 4.69) is 4.98 Å². The number of carbonyl (C=O) groups is 2. The van der Waals surface area contributed by atoms with Crippen LogP contribution < -0.4 is 0 Å². The van der Waals surface area contributed by atoms with Gasteiger partial charge in [-0.15, -0.1) is 0 Å². The lowest BCUT2D eigenvalue weighted by molar-refractivity contribution is 0.0696. The fourth-order valence-corrected chi connectivity index (χ4v) is 1.58. The van der Waals surface area contributed by atoms with Crippen LogP contribution in [0.2, 0.25) is 0 Å². The molecule has 0 aliphatic rings. The number of halogens is 3. The maximum atomic E-state index is 13.3. The van der Waals surface area contributed by atoms with E-state index < -0.39 is 45.6 Å². The van der Waals surface area contributed by atoms with Gasteiger partial charge in [0, 0.05) is 5.39 Å². The van der Waals surface area contributed by atoms with Crippen molar-refractivity contribution in [3.8, 4) is 0 Å². The number of aldehydes is 1. The molecule has 0 unspecified atom stereocenters. The standard InChI is InChI=1S/C10H4F3NO3/c11-4-1-3-6(10(16)17)5(2-15)14-9(3)8(13)7(4)12/h1-2,14H,(H,16,17). The molecule has 1 aromatic carbocycles. The highest BCUT2D eigenvalue weighted by Crippen LogP contribution is 2.27. The lowest BCUT2D eigenvalue weighted by Gasteiger charge is -1.97. The van der Waals surface area contributed by atoms with Gasteiger partial charge in [-0.05, 0) is 6.07 Å². The summed E-state index contributed by atoms with van der Waals surface area (Å²) in [5, 5.41) is 8.42. The second-order valence-electron chi connectivity index (χ2n) is 3.25. The average molecular weight is 243 g/mol. The summed E-state index contributed by atoms with van der Waals surface area (Å²) in [6, 6.07) is 0.528. The third kappa shape index (κ3) is 1.47. The van der Waals surface area contributed by atoms with Crippen molar-refractivity contribution in [3.63, 3.8) is 0 Å². The number of nitrogens with one attached hydrogen (secondary N) is 1. The molecule has 7 heteroatoms. The van der Waals surface area contributed by atoms with E-state index >= 15 is 0 Å². The monoisotopic (exact) mass is 243 g/mol. The van der Waals surface area contributed by atoms with Gasteiger partial charge in [-0.25, -0.2) is 18.0 Å². The van der Waals surface area contributed by atoms with Gasteiger partial charge in [-0.1, -0.05) is 0 Å². The molecule has 1 aromatic heterocycles. The van der Waals surface area contributed by atoms with Crippen LogP contribution in [0.1, 0.15) is 20.8 Å². The molecule has 0 saturated heterocycles. The first-order valence-electron chi connectivity index (χ1n) is 4.35. The number of hydrogen-bond acceptors (Lipinski definition) is 2. The van der Waals surface area contributed by atoms with Crippen molar-refractivity contribution in [2.24, 2.45) is 0 Å². The van der Waals surface area contributed by atoms with Crippen LogP contribution in [0.25, 0.3) is 10.9 Å². The molecule has 0 atom stereocenters. The van der Waals surface area contributed by atoms with E-state index in [1.807, 2.05) is 0 Å². The number of aromatic nitrogens is 1. The van der Waals surface area contributed by atoms with Crippen LogP contribution in [-0.2, 0) is 0 Å². The van der Waals surface area contributed by atoms with Crippen LogP contribution in [-0.4, -0.2) is 22.3 Å². The van der Waals surface area contributed by atoms with Gasteiger partial charge in [0.25, 0.3) is 0 Å². The lowest BCUT2D eigenvalue weighted by atomic mass is 10.1. The minimum atomic E-state index is -1.73. The van der Waals surface area contributed by atoms with Crippen molar-refractivity contribution in [1.29, 1.82) is 0 Å². The van der Waals surface area contributed by atoms with Gasteiger partial charge in [-0.3, -0.25) is 4.79 Å². The van der Waals surface area contributed by atoms with Crippen LogP contribution in [0.3, 0.4) is 0 Å². The van der Waals surface area contributed by atoms with E-state index in [4.69, 9.17) is 5.11 Å². The average Bonchev–Trinajstić information content (AvgIpc) is 2.64. The van der Waals surface area contributed by atoms with E-state index in [0.717, 1.165) is 0 Å². The Kier molecular flexibility index (Phi) is 2.38. The molecule has 0 spiro atoms. The minimum absolute atomic E-state index is 0.138. The molecule has 0 aliphatic carbocycles. The van der Waals surface area contributed by atoms with Crippen molar-refractivity contribution in [3.05, 3.63) is 34.8 Å². The molecule has 0 aliphatic heterocycles. The normalized spacial score (nSPS) is 10.8. The van der Waals surface area contributed by atoms with Crippen LogP contribution in [0.4, 0.5) is 13.2 Å². The summed E-state index contributed by atoms with van der Waals surface area (Å²) < 4.78 is 39.2. The molecule has 4 nitrogen and oxygen atoms in total. The van der Waals surface area contributed by atoms with Gasteiger partial charge < -0.3 is 10.1 Å². The second kappa shape index (κ2) is 3.62. The third-order valence-corrected chi connectivity index (χ3v) is 2.29. The Morgan fingerprint density at radius 1 is 1.29 bits per heavy atom. The van der Waals surface area contributed by atoms with Gasteiger partial charge in [0.05, 0.1) is 16.8 Å². The van der Waals surface area contributed by atoms with E-state index in [0.29, 0.717) is 6.07 Å². The summed E-state index contributed by atoms with van der Waals surface area (Å²) in [7, 11) is 0. The largest absolute Gasteiger partial charge is 0.478 e. The SMILES string of the molecule is O=Cc1[nH]c2c(F)c(F)c(F)cc2c1C(=O)O. The Hall–Kier alpha value is -2.31. The van der Waals surface area contributed by atoms with Crippen molar-refractivity contribution >= 4 is 23.2 Å². The first-order chi connectivity index (χ1) is 7.97. The van der Waals surface area contributed by atoms with Crippen LogP contribution in [0.5, 0.6) is 0 Å². The Morgan fingerprint density at radius 3 is 2.47 bits per heavy atom. The van der Waals surface area contributed by atoms with Gasteiger partial charge in [0.2, 0.25) is 0 Å². The number of H-pyrrole nitrogens is 1. The topological polar surface area (TPSA) is 70.2 Å². The summed E-state index contributed by atoms with van der Waals surface area (Å²) in [5.41, 5.74) is -1.59. The van der Waals surface area contributed by atoms with Crippen molar-refractivity contribution in [2.75, 3.05) is 0 Å². The number of hydrogen-bond donors (Lipinski definition) is 2. The summed E-state index contributed by atoms with van der Waals surface area (Å²) in [4.78, 5) is 23.5. The number of fused-ring (bicyclic) bond motifs is 1. The molecule has 17 heavy (non-hydrogen) atoms. The number of carboxylic acid groups (broad SMARTS) is 1. The summed E-state index contributed by atoms with van der Waals surface area (Å²) in [6.45, 7) is 0. The number of aromatic amines is 1. The van der Waals surface area contributed by atoms with Crippen molar-refractivity contribution in [2.45, 2.75) is 0 Å². The zero-order valence-corrected chi connectivity index (χ0v) is 8.05. The molecule has 2 rings (SSSR count).